The molecule has 1 aromatic rings. The predicted octanol–water partition coefficient (Wildman–Crippen LogP) is 1.82. The molecule has 6 nitrogen and oxygen atoms in total. The summed E-state index contributed by atoms with van der Waals surface area (Å²) in [5.74, 6) is -0.194. The van der Waals surface area contributed by atoms with Gasteiger partial charge in [0.2, 0.25) is 0 Å². The van der Waals surface area contributed by atoms with E-state index >= 15 is 0 Å². The third-order valence-electron chi connectivity index (χ3n) is 2.82. The van der Waals surface area contributed by atoms with Gasteiger partial charge in [-0.05, 0) is 12.8 Å². The maximum atomic E-state index is 12.5. The highest BCUT2D eigenvalue weighted by molar-refractivity contribution is 7.09. The van der Waals surface area contributed by atoms with Gasteiger partial charge in [-0.2, -0.15) is 0 Å². The lowest BCUT2D eigenvalue weighted by atomic mass is 10.2. The van der Waals surface area contributed by atoms with Gasteiger partial charge >= 0.3 is 5.97 Å². The number of methoxy groups -OCH3 is 1. The Hall–Kier alpha value is -1.47. The summed E-state index contributed by atoms with van der Waals surface area (Å²) in [7, 11) is 1.34. The zero-order valence-electron chi connectivity index (χ0n) is 13.0. The summed E-state index contributed by atoms with van der Waals surface area (Å²) in [6, 6.07) is -0.190. The first-order valence-electron chi connectivity index (χ1n) is 6.92. The predicted molar refractivity (Wildman–Crippen MR) is 82.1 cm³/mol. The highest BCUT2D eigenvalue weighted by Crippen LogP contribution is 2.17. The third-order valence-corrected chi connectivity index (χ3v) is 3.86. The first-order chi connectivity index (χ1) is 9.85. The minimum atomic E-state index is -0.328. The van der Waals surface area contributed by atoms with Crippen molar-refractivity contribution in [1.29, 1.82) is 0 Å². The van der Waals surface area contributed by atoms with Gasteiger partial charge in [-0.15, -0.1) is 11.3 Å². The van der Waals surface area contributed by atoms with Crippen LogP contribution in [0.2, 0.25) is 0 Å². The van der Waals surface area contributed by atoms with Crippen molar-refractivity contribution < 1.29 is 14.3 Å². The van der Waals surface area contributed by atoms with Gasteiger partial charge in [-0.25, -0.2) is 4.98 Å². The van der Waals surface area contributed by atoms with Crippen LogP contribution >= 0.6 is 11.3 Å². The molecule has 7 heteroatoms. The summed E-state index contributed by atoms with van der Waals surface area (Å²) in [4.78, 5) is 29.7. The molecule has 1 amide bonds. The minimum absolute atomic E-state index is 0.171. The fourth-order valence-electron chi connectivity index (χ4n) is 1.80. The number of hydrogen-bond acceptors (Lipinski definition) is 6. The van der Waals surface area contributed by atoms with E-state index in [9.17, 15) is 9.59 Å². The Labute approximate surface area is 129 Å². The highest BCUT2D eigenvalue weighted by atomic mass is 32.1. The van der Waals surface area contributed by atoms with E-state index in [2.05, 4.69) is 9.72 Å². The molecule has 0 bridgehead atoms. The second-order valence-corrected chi connectivity index (χ2v) is 6.22. The number of nitrogens with zero attached hydrogens (tertiary/aromatic N) is 2. The van der Waals surface area contributed by atoms with Gasteiger partial charge in [0.05, 0.1) is 19.6 Å². The number of thiazole rings is 1. The summed E-state index contributed by atoms with van der Waals surface area (Å²) in [5, 5.41) is 2.45. The molecule has 1 rings (SSSR count). The summed E-state index contributed by atoms with van der Waals surface area (Å²) in [5.41, 5.74) is 6.15. The Balaban J connectivity index is 2.80. The summed E-state index contributed by atoms with van der Waals surface area (Å²) < 4.78 is 4.62. The highest BCUT2D eigenvalue weighted by Gasteiger charge is 2.21. The molecule has 1 unspecified atom stereocenters. The van der Waals surface area contributed by atoms with Crippen LogP contribution < -0.4 is 5.73 Å². The first kappa shape index (κ1) is 17.6. The number of carbonyl (C=O) groups excluding carboxylic acids is 2. The molecule has 0 aliphatic rings. The molecule has 0 spiro atoms. The van der Waals surface area contributed by atoms with Crippen LogP contribution in [0.5, 0.6) is 0 Å². The number of amides is 1. The number of ether oxygens (including phenoxy) is 1. The molecule has 0 aromatic carbocycles. The summed E-state index contributed by atoms with van der Waals surface area (Å²) in [6.45, 7) is 6.77. The lowest BCUT2D eigenvalue weighted by Crippen LogP contribution is -2.36. The number of rotatable bonds is 7. The summed E-state index contributed by atoms with van der Waals surface area (Å²) in [6.07, 6.45) is 0.180. The Bertz CT molecular complexity index is 486. The molecule has 1 heterocycles. The third kappa shape index (κ3) is 5.43. The van der Waals surface area contributed by atoms with Gasteiger partial charge in [0.1, 0.15) is 10.7 Å². The molecule has 0 aliphatic carbocycles. The second kappa shape index (κ2) is 8.09. The maximum absolute atomic E-state index is 12.5. The van der Waals surface area contributed by atoms with Crippen molar-refractivity contribution in [3.8, 4) is 0 Å². The van der Waals surface area contributed by atoms with Crippen molar-refractivity contribution in [2.24, 2.45) is 11.7 Å². The van der Waals surface area contributed by atoms with Gasteiger partial charge < -0.3 is 15.4 Å². The van der Waals surface area contributed by atoms with E-state index in [1.807, 2.05) is 20.8 Å². The van der Waals surface area contributed by atoms with Gasteiger partial charge in [-0.1, -0.05) is 13.8 Å². The van der Waals surface area contributed by atoms with E-state index in [1.165, 1.54) is 18.4 Å². The molecule has 118 valence electrons. The average molecular weight is 313 g/mol. The SMILES string of the molecule is COC(=O)CCN(CC(C)C)C(=O)c1csc(C(C)N)n1. The maximum Gasteiger partial charge on any atom is 0.307 e. The monoisotopic (exact) mass is 313 g/mol. The van der Waals surface area contributed by atoms with E-state index in [1.54, 1.807) is 10.3 Å². The van der Waals surface area contributed by atoms with Gasteiger partial charge in [-0.3, -0.25) is 9.59 Å². The zero-order valence-corrected chi connectivity index (χ0v) is 13.8. The molecule has 2 N–H and O–H groups in total. The van der Waals surface area contributed by atoms with Crippen molar-refractivity contribution in [2.45, 2.75) is 33.2 Å². The van der Waals surface area contributed by atoms with Crippen LogP contribution in [0.15, 0.2) is 5.38 Å². The quantitative estimate of drug-likeness (QED) is 0.776. The number of nitrogens with two attached hydrogens (primary N) is 1. The molecule has 0 saturated heterocycles. The van der Waals surface area contributed by atoms with E-state index < -0.39 is 0 Å². The Morgan fingerprint density at radius 1 is 1.43 bits per heavy atom. The van der Waals surface area contributed by atoms with Crippen LogP contribution in [0.25, 0.3) is 0 Å². The van der Waals surface area contributed by atoms with Crippen LogP contribution in [-0.2, 0) is 9.53 Å². The van der Waals surface area contributed by atoms with Crippen LogP contribution in [0.4, 0.5) is 0 Å². The largest absolute Gasteiger partial charge is 0.469 e. The van der Waals surface area contributed by atoms with Crippen molar-refractivity contribution in [3.63, 3.8) is 0 Å². The fourth-order valence-corrected chi connectivity index (χ4v) is 2.55. The minimum Gasteiger partial charge on any atom is -0.469 e. The zero-order chi connectivity index (χ0) is 16.0. The average Bonchev–Trinajstić information content (AvgIpc) is 2.91. The number of esters is 1. The molecule has 1 aromatic heterocycles. The number of hydrogen-bond donors (Lipinski definition) is 1. The molecule has 0 radical (unpaired) electrons. The standard InChI is InChI=1S/C14H23N3O3S/c1-9(2)7-17(6-5-12(18)20-4)14(19)11-8-21-13(16-11)10(3)15/h8-10H,5-7,15H2,1-4H3. The van der Waals surface area contributed by atoms with Crippen LogP contribution in [0.1, 0.15) is 48.7 Å². The van der Waals surface area contributed by atoms with Gasteiger partial charge in [0.25, 0.3) is 5.91 Å². The van der Waals surface area contributed by atoms with E-state index in [0.717, 1.165) is 5.01 Å². The molecular formula is C14H23N3O3S. The van der Waals surface area contributed by atoms with Crippen molar-refractivity contribution in [2.75, 3.05) is 20.2 Å². The molecule has 0 fully saturated rings. The number of aromatic nitrogens is 1. The lowest BCUT2D eigenvalue weighted by Gasteiger charge is -2.23. The van der Waals surface area contributed by atoms with Crippen molar-refractivity contribution >= 4 is 23.2 Å². The topological polar surface area (TPSA) is 85.5 Å². The molecule has 0 aliphatic heterocycles. The Morgan fingerprint density at radius 2 is 2.10 bits per heavy atom. The van der Waals surface area contributed by atoms with Gasteiger partial charge in [0.15, 0.2) is 0 Å². The van der Waals surface area contributed by atoms with E-state index in [-0.39, 0.29) is 24.3 Å². The molecular weight excluding hydrogens is 290 g/mol. The van der Waals surface area contributed by atoms with Crippen molar-refractivity contribution in [3.05, 3.63) is 16.1 Å². The van der Waals surface area contributed by atoms with Crippen LogP contribution in [0, 0.1) is 5.92 Å². The lowest BCUT2D eigenvalue weighted by molar-refractivity contribution is -0.140. The Morgan fingerprint density at radius 3 is 2.57 bits per heavy atom. The normalized spacial score (nSPS) is 12.3. The van der Waals surface area contributed by atoms with Gasteiger partial charge in [0, 0.05) is 18.5 Å². The van der Waals surface area contributed by atoms with Crippen LogP contribution in [-0.4, -0.2) is 42.0 Å². The van der Waals surface area contributed by atoms with E-state index in [0.29, 0.717) is 24.7 Å². The smallest absolute Gasteiger partial charge is 0.307 e. The van der Waals surface area contributed by atoms with E-state index in [4.69, 9.17) is 5.73 Å². The molecule has 21 heavy (non-hydrogen) atoms. The second-order valence-electron chi connectivity index (χ2n) is 5.33. The van der Waals surface area contributed by atoms with Crippen LogP contribution in [0.3, 0.4) is 0 Å². The number of carbonyl (C=O) groups is 2. The molecule has 1 atom stereocenters. The first-order valence-corrected chi connectivity index (χ1v) is 7.80. The fraction of sp³-hybridized carbons (Fsp3) is 0.643. The Kier molecular flexibility index (Phi) is 6.77. The molecule has 0 saturated carbocycles. The van der Waals surface area contributed by atoms with Crippen molar-refractivity contribution in [1.82, 2.24) is 9.88 Å². The summed E-state index contributed by atoms with van der Waals surface area (Å²) >= 11 is 1.38.